The molecule has 7 heteroatoms. The molecule has 382 valence electrons. The predicted octanol–water partition coefficient (Wildman–Crippen LogP) is 20.2. The van der Waals surface area contributed by atoms with Crippen LogP contribution in [0, 0.1) is 22.7 Å². The summed E-state index contributed by atoms with van der Waals surface area (Å²) in [5.41, 5.74) is 12.8. The Morgan fingerprint density at radius 3 is 1.12 bits per heavy atom. The SMILES string of the molecule is N#Cc1c(-n2c3ccccc3c3ccccc32)c(-n2c3ccccc3c3ccccc32)c(C#N)c(-n2c3cc(-c4cc5ccccc5c5ccccc45)ccc3c3c4sc5ccccc5c4ccc32)c1-n1c2ccccc2c2ccccc21. The quantitative estimate of drug-likeness (QED) is 0.161. The molecule has 0 saturated heterocycles. The zero-order chi connectivity index (χ0) is 54.6. The van der Waals surface area contributed by atoms with Crippen molar-refractivity contribution in [3.8, 4) is 46.0 Å². The molecule has 0 saturated carbocycles. The van der Waals surface area contributed by atoms with E-state index in [0.717, 1.165) is 109 Å². The molecule has 13 aromatic carbocycles. The van der Waals surface area contributed by atoms with Gasteiger partial charge in [0.25, 0.3) is 0 Å². The maximum Gasteiger partial charge on any atom is 0.104 e. The first kappa shape index (κ1) is 45.6. The minimum atomic E-state index is 0.418. The number of aromatic nitrogens is 4. The smallest absolute Gasteiger partial charge is 0.104 e. The number of hydrogen-bond donors (Lipinski definition) is 0. The molecular weight excluding hydrogens is 1030 g/mol. The van der Waals surface area contributed by atoms with E-state index in [4.69, 9.17) is 0 Å². The molecule has 0 N–H and O–H groups in total. The van der Waals surface area contributed by atoms with Crippen molar-refractivity contribution in [3.63, 3.8) is 0 Å². The van der Waals surface area contributed by atoms with Gasteiger partial charge in [-0.05, 0) is 93.3 Å². The highest BCUT2D eigenvalue weighted by atomic mass is 32.1. The average molecular weight is 1070 g/mol. The van der Waals surface area contributed by atoms with Crippen LogP contribution in [0.4, 0.5) is 0 Å². The zero-order valence-electron chi connectivity index (χ0n) is 44.3. The second-order valence-corrected chi connectivity index (χ2v) is 22.7. The molecule has 0 aliphatic carbocycles. The fourth-order valence-electron chi connectivity index (χ4n) is 14.3. The van der Waals surface area contributed by atoms with E-state index in [1.807, 2.05) is 0 Å². The van der Waals surface area contributed by atoms with Gasteiger partial charge < -0.3 is 18.3 Å². The minimum Gasteiger partial charge on any atom is -0.306 e. The van der Waals surface area contributed by atoms with Crippen molar-refractivity contribution in [2.24, 2.45) is 0 Å². The van der Waals surface area contributed by atoms with Gasteiger partial charge in [0.1, 0.15) is 23.3 Å². The second kappa shape index (κ2) is 17.1. The van der Waals surface area contributed by atoms with Crippen molar-refractivity contribution in [1.29, 1.82) is 10.5 Å². The number of rotatable bonds is 5. The van der Waals surface area contributed by atoms with E-state index in [2.05, 4.69) is 285 Å². The molecule has 0 atom stereocenters. The molecule has 0 amide bonds. The monoisotopic (exact) mass is 1070 g/mol. The van der Waals surface area contributed by atoms with Crippen LogP contribution >= 0.6 is 11.3 Å². The lowest BCUT2D eigenvalue weighted by Crippen LogP contribution is -2.16. The summed E-state index contributed by atoms with van der Waals surface area (Å²) >= 11 is 1.81. The Morgan fingerprint density at radius 2 is 0.651 bits per heavy atom. The van der Waals surface area contributed by atoms with Gasteiger partial charge in [0.15, 0.2) is 0 Å². The van der Waals surface area contributed by atoms with Crippen LogP contribution in [0.1, 0.15) is 11.1 Å². The van der Waals surface area contributed by atoms with Crippen molar-refractivity contribution in [2.45, 2.75) is 0 Å². The van der Waals surface area contributed by atoms with Gasteiger partial charge in [-0.2, -0.15) is 10.5 Å². The number of para-hydroxylation sites is 6. The number of benzene rings is 13. The zero-order valence-corrected chi connectivity index (χ0v) is 45.2. The van der Waals surface area contributed by atoms with Gasteiger partial charge >= 0.3 is 0 Å². The van der Waals surface area contributed by atoms with E-state index in [0.29, 0.717) is 33.9 Å². The third-order valence-corrected chi connectivity index (χ3v) is 18.8. The van der Waals surface area contributed by atoms with Gasteiger partial charge in [0.2, 0.25) is 0 Å². The Bertz CT molecular complexity index is 5820. The molecule has 0 radical (unpaired) electrons. The fraction of sp³-hybridized carbons (Fsp3) is 0. The third kappa shape index (κ3) is 6.13. The van der Waals surface area contributed by atoms with E-state index in [1.54, 1.807) is 11.3 Å². The van der Waals surface area contributed by atoms with Crippen LogP contribution in [0.25, 0.3) is 163 Å². The lowest BCUT2D eigenvalue weighted by Gasteiger charge is -2.27. The normalized spacial score (nSPS) is 12.1. The first-order valence-electron chi connectivity index (χ1n) is 28.0. The van der Waals surface area contributed by atoms with Crippen molar-refractivity contribution >= 4 is 140 Å². The van der Waals surface area contributed by atoms with Crippen LogP contribution in [0.5, 0.6) is 0 Å². The van der Waals surface area contributed by atoms with Crippen LogP contribution in [0.3, 0.4) is 0 Å². The van der Waals surface area contributed by atoms with Crippen LogP contribution in [-0.2, 0) is 0 Å². The molecule has 0 fully saturated rings. The molecule has 0 bridgehead atoms. The molecule has 0 spiro atoms. The van der Waals surface area contributed by atoms with Crippen molar-refractivity contribution in [2.75, 3.05) is 0 Å². The summed E-state index contributed by atoms with van der Waals surface area (Å²) < 4.78 is 11.5. The van der Waals surface area contributed by atoms with Gasteiger partial charge in [0.05, 0.1) is 66.9 Å². The van der Waals surface area contributed by atoms with Crippen molar-refractivity contribution in [1.82, 2.24) is 18.3 Å². The molecule has 18 rings (SSSR count). The summed E-state index contributed by atoms with van der Waals surface area (Å²) in [7, 11) is 0. The van der Waals surface area contributed by atoms with Crippen LogP contribution in [0.2, 0.25) is 0 Å². The largest absolute Gasteiger partial charge is 0.306 e. The average Bonchev–Trinajstić information content (AvgIpc) is 1.79. The molecule has 5 heterocycles. The minimum absolute atomic E-state index is 0.418. The summed E-state index contributed by atoms with van der Waals surface area (Å²) in [6, 6.07) is 96.7. The molecule has 83 heavy (non-hydrogen) atoms. The topological polar surface area (TPSA) is 67.3 Å². The number of nitriles is 2. The standard InChI is InChI=1S/C76H42N6S/c77-43-60-72(79-62-30-12-5-23-50(62)51-24-6-13-31-63(51)79)73(80-64-32-14-7-25-52(64)53-26-8-15-33-65(53)80)61(44-78)75(74(60)81-66-34-16-9-27-54(66)55-28-10-17-35-67(55)81)82-68-40-39-57-56-29-11-18-36-70(56)83-76(57)71(68)58-38-37-46(42-69(58)82)59-41-45-19-1-2-20-47(45)48-21-3-4-22-49(48)59/h1-42H. The molecule has 0 aliphatic rings. The van der Waals surface area contributed by atoms with Crippen LogP contribution in [-0.4, -0.2) is 18.3 Å². The molecule has 0 unspecified atom stereocenters. The first-order valence-corrected chi connectivity index (χ1v) is 28.8. The summed E-state index contributed by atoms with van der Waals surface area (Å²) in [6.07, 6.45) is 0. The molecule has 6 nitrogen and oxygen atoms in total. The lowest BCUT2D eigenvalue weighted by molar-refractivity contribution is 1.02. The van der Waals surface area contributed by atoms with E-state index >= 15 is 0 Å². The van der Waals surface area contributed by atoms with Gasteiger partial charge in [-0.1, -0.05) is 194 Å². The third-order valence-electron chi connectivity index (χ3n) is 17.6. The van der Waals surface area contributed by atoms with Crippen LogP contribution in [0.15, 0.2) is 255 Å². The summed E-state index contributed by atoms with van der Waals surface area (Å²) in [5.74, 6) is 0. The van der Waals surface area contributed by atoms with Crippen LogP contribution < -0.4 is 0 Å². The Morgan fingerprint density at radius 1 is 0.277 bits per heavy atom. The van der Waals surface area contributed by atoms with Crippen molar-refractivity contribution in [3.05, 3.63) is 266 Å². The summed E-state index contributed by atoms with van der Waals surface area (Å²) in [6.45, 7) is 0. The predicted molar refractivity (Wildman–Crippen MR) is 347 cm³/mol. The first-order chi connectivity index (χ1) is 41.2. The molecule has 18 aromatic rings. The van der Waals surface area contributed by atoms with E-state index in [1.165, 1.54) is 30.9 Å². The highest BCUT2D eigenvalue weighted by molar-refractivity contribution is 7.26. The maximum atomic E-state index is 13.0. The molecule has 5 aromatic heterocycles. The summed E-state index contributed by atoms with van der Waals surface area (Å²) in [4.78, 5) is 0. The Labute approximate surface area is 478 Å². The molecule has 0 aliphatic heterocycles. The van der Waals surface area contributed by atoms with Crippen molar-refractivity contribution < 1.29 is 0 Å². The van der Waals surface area contributed by atoms with E-state index in [-0.39, 0.29) is 0 Å². The van der Waals surface area contributed by atoms with Gasteiger partial charge in [-0.15, -0.1) is 11.3 Å². The van der Waals surface area contributed by atoms with Gasteiger partial charge in [0, 0.05) is 63.3 Å². The second-order valence-electron chi connectivity index (χ2n) is 21.7. The number of hydrogen-bond acceptors (Lipinski definition) is 3. The number of nitrogens with zero attached hydrogens (tertiary/aromatic N) is 6. The van der Waals surface area contributed by atoms with E-state index < -0.39 is 0 Å². The van der Waals surface area contributed by atoms with Gasteiger partial charge in [-0.3, -0.25) is 0 Å². The van der Waals surface area contributed by atoms with Gasteiger partial charge in [-0.25, -0.2) is 0 Å². The number of fused-ring (bicyclic) bond motifs is 19. The van der Waals surface area contributed by atoms with E-state index in [9.17, 15) is 10.5 Å². The summed E-state index contributed by atoms with van der Waals surface area (Å²) in [5, 5.41) is 41.3. The Kier molecular flexibility index (Phi) is 9.42. The maximum absolute atomic E-state index is 13.0. The highest BCUT2D eigenvalue weighted by Crippen LogP contribution is 2.51. The fourth-order valence-corrected chi connectivity index (χ4v) is 15.5. The Balaban J connectivity index is 1.13. The lowest BCUT2D eigenvalue weighted by atomic mass is 9.93. The molecular formula is C76H42N6S. The Hall–Kier alpha value is -11.2. The number of thiophene rings is 1. The highest BCUT2D eigenvalue weighted by Gasteiger charge is 2.35.